The Kier molecular flexibility index (Phi) is 6.28. The van der Waals surface area contributed by atoms with Crippen LogP contribution in [0.5, 0.6) is 23.0 Å². The summed E-state index contributed by atoms with van der Waals surface area (Å²) in [5.41, 5.74) is 0.547. The second-order valence-electron chi connectivity index (χ2n) is 8.04. The fourth-order valence-corrected chi connectivity index (χ4v) is 4.37. The van der Waals surface area contributed by atoms with E-state index in [2.05, 4.69) is 0 Å². The molecule has 1 fully saturated rings. The Morgan fingerprint density at radius 2 is 1.78 bits per heavy atom. The standard InChI is InChI=1S/C27H25NO8/c1-3-32-17-8-9-18(21(15-17)33-4-2)25(29)23-24(20-6-5-11-34-20)28(27(31)26(23)30)16-7-10-19-22(14-16)36-13-12-35-19/h5-11,14-15,24,29H,3-4,12-13H2,1-2H3/b25-23-. The van der Waals surface area contributed by atoms with Gasteiger partial charge in [0.1, 0.15) is 42.3 Å². The van der Waals surface area contributed by atoms with Gasteiger partial charge in [-0.25, -0.2) is 0 Å². The zero-order chi connectivity index (χ0) is 25.2. The minimum absolute atomic E-state index is 0.116. The van der Waals surface area contributed by atoms with E-state index < -0.39 is 17.7 Å². The van der Waals surface area contributed by atoms with E-state index in [-0.39, 0.29) is 16.9 Å². The van der Waals surface area contributed by atoms with Gasteiger partial charge in [-0.3, -0.25) is 14.5 Å². The first-order valence-corrected chi connectivity index (χ1v) is 11.7. The summed E-state index contributed by atoms with van der Waals surface area (Å²) in [7, 11) is 0. The van der Waals surface area contributed by atoms with Crippen molar-refractivity contribution in [2.24, 2.45) is 0 Å². The van der Waals surface area contributed by atoms with Crippen LogP contribution in [-0.4, -0.2) is 43.2 Å². The number of ether oxygens (including phenoxy) is 4. The van der Waals surface area contributed by atoms with Crippen molar-refractivity contribution in [1.29, 1.82) is 0 Å². The van der Waals surface area contributed by atoms with Gasteiger partial charge in [-0.1, -0.05) is 0 Å². The maximum absolute atomic E-state index is 13.4. The number of ketones is 1. The van der Waals surface area contributed by atoms with Crippen LogP contribution >= 0.6 is 0 Å². The predicted octanol–water partition coefficient (Wildman–Crippen LogP) is 4.47. The Labute approximate surface area is 207 Å². The minimum Gasteiger partial charge on any atom is -0.507 e. The smallest absolute Gasteiger partial charge is 0.300 e. The van der Waals surface area contributed by atoms with E-state index >= 15 is 0 Å². The number of hydrogen-bond acceptors (Lipinski definition) is 8. The highest BCUT2D eigenvalue weighted by Crippen LogP contribution is 2.45. The molecule has 0 saturated carbocycles. The van der Waals surface area contributed by atoms with Crippen LogP contribution in [0.15, 0.2) is 64.8 Å². The molecule has 2 aliphatic rings. The van der Waals surface area contributed by atoms with Crippen molar-refractivity contribution in [3.05, 3.63) is 71.7 Å². The first-order valence-electron chi connectivity index (χ1n) is 11.7. The Morgan fingerprint density at radius 3 is 2.50 bits per heavy atom. The van der Waals surface area contributed by atoms with Gasteiger partial charge >= 0.3 is 0 Å². The minimum atomic E-state index is -1.01. The third kappa shape index (κ3) is 4.02. The predicted molar refractivity (Wildman–Crippen MR) is 130 cm³/mol. The Balaban J connectivity index is 1.66. The summed E-state index contributed by atoms with van der Waals surface area (Å²) in [6.07, 6.45) is 1.45. The molecule has 3 heterocycles. The molecular formula is C27H25NO8. The zero-order valence-electron chi connectivity index (χ0n) is 19.9. The molecule has 1 atom stereocenters. The summed E-state index contributed by atoms with van der Waals surface area (Å²) in [4.78, 5) is 28.0. The van der Waals surface area contributed by atoms with Crippen molar-refractivity contribution in [3.8, 4) is 23.0 Å². The van der Waals surface area contributed by atoms with Gasteiger partial charge in [0.05, 0.1) is 30.6 Å². The largest absolute Gasteiger partial charge is 0.507 e. The third-order valence-corrected chi connectivity index (χ3v) is 5.88. The maximum Gasteiger partial charge on any atom is 0.300 e. The van der Waals surface area contributed by atoms with Gasteiger partial charge in [0.25, 0.3) is 11.7 Å². The molecule has 186 valence electrons. The number of Topliss-reactive ketones (excluding diaryl/α,β-unsaturated/α-hetero) is 1. The molecule has 1 aromatic heterocycles. The van der Waals surface area contributed by atoms with Crippen LogP contribution in [0.3, 0.4) is 0 Å². The highest BCUT2D eigenvalue weighted by atomic mass is 16.6. The summed E-state index contributed by atoms with van der Waals surface area (Å²) in [6, 6.07) is 12.2. The highest BCUT2D eigenvalue weighted by molar-refractivity contribution is 6.51. The number of aliphatic hydroxyl groups excluding tert-OH is 1. The van der Waals surface area contributed by atoms with Crippen molar-refractivity contribution in [3.63, 3.8) is 0 Å². The highest BCUT2D eigenvalue weighted by Gasteiger charge is 2.48. The number of amides is 1. The van der Waals surface area contributed by atoms with Crippen molar-refractivity contribution in [2.75, 3.05) is 31.3 Å². The number of furan rings is 1. The number of rotatable bonds is 7. The van der Waals surface area contributed by atoms with Crippen LogP contribution in [0, 0.1) is 0 Å². The molecule has 1 unspecified atom stereocenters. The number of anilines is 1. The van der Waals surface area contributed by atoms with Gasteiger partial charge in [0.2, 0.25) is 0 Å². The molecule has 0 bridgehead atoms. The lowest BCUT2D eigenvalue weighted by Gasteiger charge is -2.25. The van der Waals surface area contributed by atoms with Gasteiger partial charge in [0.15, 0.2) is 11.5 Å². The summed E-state index contributed by atoms with van der Waals surface area (Å²) < 4.78 is 28.2. The quantitative estimate of drug-likeness (QED) is 0.293. The third-order valence-electron chi connectivity index (χ3n) is 5.88. The van der Waals surface area contributed by atoms with Crippen molar-refractivity contribution in [1.82, 2.24) is 0 Å². The molecule has 36 heavy (non-hydrogen) atoms. The molecule has 1 saturated heterocycles. The fraction of sp³-hybridized carbons (Fsp3) is 0.259. The molecule has 0 radical (unpaired) electrons. The molecule has 9 nitrogen and oxygen atoms in total. The number of benzene rings is 2. The van der Waals surface area contributed by atoms with E-state index in [1.165, 1.54) is 11.2 Å². The van der Waals surface area contributed by atoms with Crippen LogP contribution in [0.1, 0.15) is 31.2 Å². The molecule has 0 aliphatic carbocycles. The second-order valence-corrected chi connectivity index (χ2v) is 8.04. The lowest BCUT2D eigenvalue weighted by atomic mass is 9.98. The molecule has 1 amide bonds. The maximum atomic E-state index is 13.4. The van der Waals surface area contributed by atoms with Crippen LogP contribution in [0.2, 0.25) is 0 Å². The monoisotopic (exact) mass is 491 g/mol. The first kappa shape index (κ1) is 23.3. The van der Waals surface area contributed by atoms with Gasteiger partial charge in [0, 0.05) is 17.8 Å². The zero-order valence-corrected chi connectivity index (χ0v) is 19.9. The number of carbonyl (C=O) groups is 2. The number of nitrogens with zero attached hydrogens (tertiary/aromatic N) is 1. The molecule has 2 aliphatic heterocycles. The van der Waals surface area contributed by atoms with Crippen LogP contribution in [0.25, 0.3) is 5.76 Å². The molecule has 9 heteroatoms. The van der Waals surface area contributed by atoms with Gasteiger partial charge in [-0.05, 0) is 50.2 Å². The lowest BCUT2D eigenvalue weighted by molar-refractivity contribution is -0.132. The Bertz CT molecular complexity index is 1330. The average Bonchev–Trinajstić information content (AvgIpc) is 3.51. The van der Waals surface area contributed by atoms with E-state index in [1.54, 1.807) is 55.5 Å². The summed E-state index contributed by atoms with van der Waals surface area (Å²) in [5.74, 6) is 0.173. The second kappa shape index (κ2) is 9.69. The number of carbonyl (C=O) groups excluding carboxylic acids is 2. The van der Waals surface area contributed by atoms with Crippen LogP contribution in [0.4, 0.5) is 5.69 Å². The number of aliphatic hydroxyl groups is 1. The Hall–Kier alpha value is -4.40. The summed E-state index contributed by atoms with van der Waals surface area (Å²) in [5, 5.41) is 11.4. The van der Waals surface area contributed by atoms with Crippen LogP contribution in [-0.2, 0) is 9.59 Å². The molecule has 3 aromatic rings. The molecule has 1 N–H and O–H groups in total. The first-order chi connectivity index (χ1) is 17.5. The van der Waals surface area contributed by atoms with Crippen molar-refractivity contribution in [2.45, 2.75) is 19.9 Å². The summed E-state index contributed by atoms with van der Waals surface area (Å²) in [6.45, 7) is 5.24. The van der Waals surface area contributed by atoms with Crippen molar-refractivity contribution >= 4 is 23.1 Å². The number of hydrogen-bond donors (Lipinski definition) is 1. The lowest BCUT2D eigenvalue weighted by Crippen LogP contribution is -2.29. The summed E-state index contributed by atoms with van der Waals surface area (Å²) >= 11 is 0. The average molecular weight is 491 g/mol. The van der Waals surface area contributed by atoms with Gasteiger partial charge < -0.3 is 28.5 Å². The SMILES string of the molecule is CCOc1ccc(/C(O)=C2/C(=O)C(=O)N(c3ccc4c(c3)OCCO4)C2c2ccco2)c(OCC)c1. The van der Waals surface area contributed by atoms with E-state index in [9.17, 15) is 14.7 Å². The van der Waals surface area contributed by atoms with E-state index in [4.69, 9.17) is 23.4 Å². The fourth-order valence-electron chi connectivity index (χ4n) is 4.37. The molecular weight excluding hydrogens is 466 g/mol. The molecule has 2 aromatic carbocycles. The van der Waals surface area contributed by atoms with Gasteiger partial charge in [-0.2, -0.15) is 0 Å². The van der Waals surface area contributed by atoms with E-state index in [1.807, 2.05) is 6.92 Å². The number of fused-ring (bicyclic) bond motifs is 1. The van der Waals surface area contributed by atoms with E-state index in [0.717, 1.165) is 0 Å². The van der Waals surface area contributed by atoms with Gasteiger partial charge in [-0.15, -0.1) is 0 Å². The van der Waals surface area contributed by atoms with Crippen LogP contribution < -0.4 is 23.8 Å². The molecule has 0 spiro atoms. The topological polar surface area (TPSA) is 108 Å². The van der Waals surface area contributed by atoms with E-state index in [0.29, 0.717) is 60.9 Å². The van der Waals surface area contributed by atoms with Crippen molar-refractivity contribution < 1.29 is 38.1 Å². The normalized spacial score (nSPS) is 18.4. The molecule has 5 rings (SSSR count). The Morgan fingerprint density at radius 1 is 1.00 bits per heavy atom.